The van der Waals surface area contributed by atoms with Crippen molar-refractivity contribution in [1.82, 2.24) is 10.2 Å². The smallest absolute Gasteiger partial charge is 0.337 e. The van der Waals surface area contributed by atoms with Crippen LogP contribution in [0.3, 0.4) is 0 Å². The van der Waals surface area contributed by atoms with Crippen LogP contribution >= 0.6 is 0 Å². The van der Waals surface area contributed by atoms with Gasteiger partial charge in [-0.05, 0) is 43.4 Å². The lowest BCUT2D eigenvalue weighted by Crippen LogP contribution is -2.54. The largest absolute Gasteiger partial charge is 0.465 e. The Kier molecular flexibility index (Phi) is 5.40. The minimum Gasteiger partial charge on any atom is -0.465 e. The molecule has 1 aliphatic carbocycles. The maximum atomic E-state index is 12.9. The number of benzene rings is 1. The molecule has 1 saturated heterocycles. The fraction of sp³-hybridized carbons (Fsp3) is 0.500. The van der Waals surface area contributed by atoms with Crippen LogP contribution in [0.15, 0.2) is 18.2 Å². The van der Waals surface area contributed by atoms with Crippen LogP contribution < -0.4 is 10.6 Å². The summed E-state index contributed by atoms with van der Waals surface area (Å²) < 4.78 is 4.69. The number of nitrogens with zero attached hydrogens (tertiary/aromatic N) is 1. The van der Waals surface area contributed by atoms with Gasteiger partial charge in [-0.2, -0.15) is 0 Å². The fourth-order valence-corrected chi connectivity index (χ4v) is 3.97. The first-order chi connectivity index (χ1) is 13.3. The average Bonchev–Trinajstić information content (AvgIpc) is 2.90. The van der Waals surface area contributed by atoms with Crippen molar-refractivity contribution in [2.45, 2.75) is 45.1 Å². The minimum atomic E-state index is -0.893. The molecule has 0 unspecified atom stereocenters. The van der Waals surface area contributed by atoms with Crippen LogP contribution in [0, 0.1) is 12.8 Å². The van der Waals surface area contributed by atoms with Gasteiger partial charge < -0.3 is 15.4 Å². The van der Waals surface area contributed by atoms with E-state index in [2.05, 4.69) is 15.4 Å². The van der Waals surface area contributed by atoms with Crippen molar-refractivity contribution in [2.24, 2.45) is 5.92 Å². The standard InChI is InChI=1S/C20H25N3O5/c1-12-7-8-14(17(25)28-3)10-15(12)21-16(24)11-23-18(26)20(22-19(23)27)9-5-4-6-13(20)2/h7-8,10,13H,4-6,9,11H2,1-3H3,(H,21,24)(H,22,27)/t13-,20-/m0/s1. The first kappa shape index (κ1) is 19.9. The summed E-state index contributed by atoms with van der Waals surface area (Å²) in [5, 5.41) is 5.51. The molecular weight excluding hydrogens is 362 g/mol. The number of carbonyl (C=O) groups is 4. The molecule has 1 saturated carbocycles. The van der Waals surface area contributed by atoms with E-state index in [4.69, 9.17) is 0 Å². The Morgan fingerprint density at radius 3 is 2.75 bits per heavy atom. The van der Waals surface area contributed by atoms with E-state index in [1.54, 1.807) is 19.1 Å². The van der Waals surface area contributed by atoms with Gasteiger partial charge in [-0.1, -0.05) is 25.8 Å². The topological polar surface area (TPSA) is 105 Å². The van der Waals surface area contributed by atoms with Crippen molar-refractivity contribution in [2.75, 3.05) is 19.0 Å². The molecule has 8 nitrogen and oxygen atoms in total. The number of carbonyl (C=O) groups excluding carboxylic acids is 4. The Labute approximate surface area is 163 Å². The quantitative estimate of drug-likeness (QED) is 0.609. The zero-order chi connectivity index (χ0) is 20.5. The van der Waals surface area contributed by atoms with Gasteiger partial charge in [0.05, 0.1) is 12.7 Å². The number of nitrogens with one attached hydrogen (secondary N) is 2. The number of hydrogen-bond donors (Lipinski definition) is 2. The van der Waals surface area contributed by atoms with E-state index >= 15 is 0 Å². The SMILES string of the molecule is COC(=O)c1ccc(C)c(NC(=O)CN2C(=O)N[C@]3(CCCC[C@@H]3C)C2=O)c1. The molecule has 0 radical (unpaired) electrons. The summed E-state index contributed by atoms with van der Waals surface area (Å²) in [6.45, 7) is 3.37. The molecule has 8 heteroatoms. The molecule has 0 aromatic heterocycles. The predicted molar refractivity (Wildman–Crippen MR) is 102 cm³/mol. The molecule has 4 amide bonds. The van der Waals surface area contributed by atoms with Crippen molar-refractivity contribution in [3.8, 4) is 0 Å². The molecule has 2 aliphatic rings. The van der Waals surface area contributed by atoms with Crippen LogP contribution in [-0.4, -0.2) is 47.9 Å². The van der Waals surface area contributed by atoms with Gasteiger partial charge in [0.2, 0.25) is 5.91 Å². The zero-order valence-corrected chi connectivity index (χ0v) is 16.3. The second kappa shape index (κ2) is 7.61. The molecule has 2 atom stereocenters. The number of urea groups is 1. The van der Waals surface area contributed by atoms with Crippen molar-refractivity contribution in [1.29, 1.82) is 0 Å². The van der Waals surface area contributed by atoms with Gasteiger partial charge in [0.25, 0.3) is 5.91 Å². The average molecular weight is 387 g/mol. The van der Waals surface area contributed by atoms with Crippen LogP contribution in [0.2, 0.25) is 0 Å². The molecule has 1 spiro atoms. The summed E-state index contributed by atoms with van der Waals surface area (Å²) in [7, 11) is 1.28. The lowest BCUT2D eigenvalue weighted by molar-refractivity contribution is -0.136. The van der Waals surface area contributed by atoms with E-state index in [9.17, 15) is 19.2 Å². The van der Waals surface area contributed by atoms with E-state index in [0.717, 1.165) is 29.7 Å². The van der Waals surface area contributed by atoms with E-state index in [1.165, 1.54) is 13.2 Å². The summed E-state index contributed by atoms with van der Waals surface area (Å²) >= 11 is 0. The van der Waals surface area contributed by atoms with E-state index in [1.807, 2.05) is 6.92 Å². The molecule has 1 aliphatic heterocycles. The van der Waals surface area contributed by atoms with Gasteiger partial charge in [-0.25, -0.2) is 9.59 Å². The maximum absolute atomic E-state index is 12.9. The number of hydrogen-bond acceptors (Lipinski definition) is 5. The van der Waals surface area contributed by atoms with Gasteiger partial charge in [0, 0.05) is 5.69 Å². The van der Waals surface area contributed by atoms with Gasteiger partial charge in [0.15, 0.2) is 0 Å². The summed E-state index contributed by atoms with van der Waals surface area (Å²) in [5.74, 6) is -1.32. The third-order valence-electron chi connectivity index (χ3n) is 5.74. The van der Waals surface area contributed by atoms with E-state index in [-0.39, 0.29) is 18.4 Å². The van der Waals surface area contributed by atoms with Gasteiger partial charge in [0.1, 0.15) is 12.1 Å². The lowest BCUT2D eigenvalue weighted by atomic mass is 9.73. The maximum Gasteiger partial charge on any atom is 0.337 e. The third-order valence-corrected chi connectivity index (χ3v) is 5.74. The first-order valence-electron chi connectivity index (χ1n) is 9.41. The number of imide groups is 1. The minimum absolute atomic E-state index is 0.0322. The highest BCUT2D eigenvalue weighted by Gasteiger charge is 2.55. The second-order valence-electron chi connectivity index (χ2n) is 7.51. The van der Waals surface area contributed by atoms with Crippen LogP contribution in [-0.2, 0) is 14.3 Å². The molecule has 0 bridgehead atoms. The first-order valence-corrected chi connectivity index (χ1v) is 9.41. The molecule has 28 heavy (non-hydrogen) atoms. The molecule has 2 fully saturated rings. The van der Waals surface area contributed by atoms with Crippen LogP contribution in [0.4, 0.5) is 10.5 Å². The van der Waals surface area contributed by atoms with Crippen LogP contribution in [0.25, 0.3) is 0 Å². The molecule has 1 aromatic rings. The normalized spacial score (nSPS) is 24.2. The number of ether oxygens (including phenoxy) is 1. The van der Waals surface area contributed by atoms with Crippen molar-refractivity contribution >= 4 is 29.5 Å². The summed E-state index contributed by atoms with van der Waals surface area (Å²) in [5.41, 5.74) is 0.584. The summed E-state index contributed by atoms with van der Waals surface area (Å²) in [6, 6.07) is 4.26. The number of aryl methyl sites for hydroxylation is 1. The zero-order valence-electron chi connectivity index (χ0n) is 16.3. The highest BCUT2D eigenvalue weighted by molar-refractivity contribution is 6.10. The Morgan fingerprint density at radius 2 is 2.07 bits per heavy atom. The van der Waals surface area contributed by atoms with E-state index in [0.29, 0.717) is 17.7 Å². The number of esters is 1. The van der Waals surface area contributed by atoms with Crippen molar-refractivity contribution < 1.29 is 23.9 Å². The molecule has 1 heterocycles. The van der Waals surface area contributed by atoms with Crippen molar-refractivity contribution in [3.05, 3.63) is 29.3 Å². The number of anilines is 1. The third kappa shape index (κ3) is 3.46. The Balaban J connectivity index is 1.72. The monoisotopic (exact) mass is 387 g/mol. The second-order valence-corrected chi connectivity index (χ2v) is 7.51. The summed E-state index contributed by atoms with van der Waals surface area (Å²) in [6.07, 6.45) is 3.36. The molecular formula is C20H25N3O5. The van der Waals surface area contributed by atoms with Crippen LogP contribution in [0.5, 0.6) is 0 Å². The van der Waals surface area contributed by atoms with Crippen LogP contribution in [0.1, 0.15) is 48.5 Å². The molecule has 2 N–H and O–H groups in total. The van der Waals surface area contributed by atoms with Gasteiger partial charge in [-0.15, -0.1) is 0 Å². The highest BCUT2D eigenvalue weighted by Crippen LogP contribution is 2.38. The van der Waals surface area contributed by atoms with Gasteiger partial charge in [-0.3, -0.25) is 14.5 Å². The number of rotatable bonds is 4. The Morgan fingerprint density at radius 1 is 1.32 bits per heavy atom. The summed E-state index contributed by atoms with van der Waals surface area (Å²) in [4.78, 5) is 50.5. The Bertz CT molecular complexity index is 837. The predicted octanol–water partition coefficient (Wildman–Crippen LogP) is 2.22. The molecule has 3 rings (SSSR count). The molecule has 1 aromatic carbocycles. The number of amides is 4. The van der Waals surface area contributed by atoms with E-state index < -0.39 is 23.4 Å². The van der Waals surface area contributed by atoms with Crippen molar-refractivity contribution in [3.63, 3.8) is 0 Å². The number of methoxy groups -OCH3 is 1. The molecule has 150 valence electrons. The highest BCUT2D eigenvalue weighted by atomic mass is 16.5. The lowest BCUT2D eigenvalue weighted by Gasteiger charge is -2.36. The fourth-order valence-electron chi connectivity index (χ4n) is 3.97. The van der Waals surface area contributed by atoms with Gasteiger partial charge >= 0.3 is 12.0 Å². The Hall–Kier alpha value is -2.90.